The molecule has 0 radical (unpaired) electrons. The number of carboxylic acids is 2. The molecular weight excluding hydrogens is 386 g/mol. The second-order valence-corrected chi connectivity index (χ2v) is 7.76. The van der Waals surface area contributed by atoms with Crippen LogP contribution in [0.3, 0.4) is 0 Å². The molecule has 2 aliphatic rings. The number of anilines is 2. The summed E-state index contributed by atoms with van der Waals surface area (Å²) in [7, 11) is 0. The Kier molecular flexibility index (Phi) is 6.83. The van der Waals surface area contributed by atoms with Gasteiger partial charge in [0.15, 0.2) is 0 Å². The van der Waals surface area contributed by atoms with E-state index in [1.165, 1.54) is 31.0 Å². The second-order valence-electron chi connectivity index (χ2n) is 7.76. The van der Waals surface area contributed by atoms with Crippen LogP contribution in [0.15, 0.2) is 36.7 Å². The van der Waals surface area contributed by atoms with Crippen molar-refractivity contribution in [3.8, 4) is 0 Å². The fourth-order valence-electron chi connectivity index (χ4n) is 3.41. The molecular formula is C21H27N5O4. The predicted molar refractivity (Wildman–Crippen MR) is 113 cm³/mol. The van der Waals surface area contributed by atoms with Crippen molar-refractivity contribution in [3.05, 3.63) is 47.8 Å². The van der Waals surface area contributed by atoms with Gasteiger partial charge >= 0.3 is 11.9 Å². The number of nitrogens with zero attached hydrogens (tertiary/aromatic N) is 4. The Labute approximate surface area is 175 Å². The van der Waals surface area contributed by atoms with Crippen LogP contribution >= 0.6 is 0 Å². The zero-order valence-electron chi connectivity index (χ0n) is 16.9. The Bertz CT molecular complexity index is 863. The standard InChI is InChI=1S/C13H21N5.C8H6O4/c1-10-2-4-17(5-3-10)12-6-13(16-9-15-12)18-7-11(14)8-18;9-7(10)5-2-1-3-6(4-5)8(11)12/h6,9-11H,2-5,7-8,14H2,1H3;1-4H,(H,9,10)(H,11,12). The SMILES string of the molecule is CC1CCN(c2cc(N3CC(N)C3)ncn2)CC1.O=C(O)c1cccc(C(=O)O)c1. The second kappa shape index (κ2) is 9.53. The molecule has 0 unspecified atom stereocenters. The summed E-state index contributed by atoms with van der Waals surface area (Å²) in [4.78, 5) is 34.1. The first-order valence-corrected chi connectivity index (χ1v) is 9.97. The fourth-order valence-corrected chi connectivity index (χ4v) is 3.41. The van der Waals surface area contributed by atoms with E-state index in [4.69, 9.17) is 15.9 Å². The number of piperidine rings is 1. The summed E-state index contributed by atoms with van der Waals surface area (Å²) in [6.45, 7) is 6.36. The van der Waals surface area contributed by atoms with Gasteiger partial charge in [-0.05, 0) is 37.0 Å². The molecule has 2 fully saturated rings. The van der Waals surface area contributed by atoms with Crippen LogP contribution in [0, 0.1) is 5.92 Å². The van der Waals surface area contributed by atoms with Gasteiger partial charge in [0.05, 0.1) is 11.1 Å². The van der Waals surface area contributed by atoms with Crippen molar-refractivity contribution in [2.45, 2.75) is 25.8 Å². The average Bonchev–Trinajstić information content (AvgIpc) is 2.72. The van der Waals surface area contributed by atoms with E-state index in [1.807, 2.05) is 0 Å². The van der Waals surface area contributed by atoms with Crippen molar-refractivity contribution in [2.75, 3.05) is 36.0 Å². The van der Waals surface area contributed by atoms with Crippen molar-refractivity contribution in [2.24, 2.45) is 11.7 Å². The van der Waals surface area contributed by atoms with E-state index in [0.717, 1.165) is 49.8 Å². The van der Waals surface area contributed by atoms with Gasteiger partial charge in [-0.25, -0.2) is 19.6 Å². The number of carboxylic acid groups (broad SMARTS) is 2. The van der Waals surface area contributed by atoms with E-state index in [0.29, 0.717) is 6.04 Å². The third-order valence-electron chi connectivity index (χ3n) is 5.34. The molecule has 0 atom stereocenters. The first-order valence-electron chi connectivity index (χ1n) is 9.97. The van der Waals surface area contributed by atoms with Gasteiger partial charge in [0, 0.05) is 38.3 Å². The van der Waals surface area contributed by atoms with Crippen LogP contribution in [-0.4, -0.2) is 64.3 Å². The Morgan fingerprint density at radius 3 is 2.00 bits per heavy atom. The van der Waals surface area contributed by atoms with E-state index >= 15 is 0 Å². The molecule has 160 valence electrons. The Morgan fingerprint density at radius 2 is 1.50 bits per heavy atom. The predicted octanol–water partition coefficient (Wildman–Crippen LogP) is 1.94. The van der Waals surface area contributed by atoms with Gasteiger partial charge in [-0.15, -0.1) is 0 Å². The first kappa shape index (κ1) is 21.5. The smallest absolute Gasteiger partial charge is 0.335 e. The van der Waals surface area contributed by atoms with E-state index < -0.39 is 11.9 Å². The molecule has 0 bridgehead atoms. The fraction of sp³-hybridized carbons (Fsp3) is 0.429. The third kappa shape index (κ3) is 5.44. The number of aromatic nitrogens is 2. The van der Waals surface area contributed by atoms with Gasteiger partial charge in [0.1, 0.15) is 18.0 Å². The lowest BCUT2D eigenvalue weighted by atomic mass is 9.99. The van der Waals surface area contributed by atoms with Crippen molar-refractivity contribution >= 4 is 23.6 Å². The molecule has 0 saturated carbocycles. The lowest BCUT2D eigenvalue weighted by Crippen LogP contribution is -2.56. The molecule has 2 saturated heterocycles. The Morgan fingerprint density at radius 1 is 0.967 bits per heavy atom. The zero-order valence-corrected chi connectivity index (χ0v) is 16.9. The van der Waals surface area contributed by atoms with Crippen LogP contribution in [0.2, 0.25) is 0 Å². The molecule has 4 rings (SSSR count). The highest BCUT2D eigenvalue weighted by molar-refractivity contribution is 5.93. The maximum atomic E-state index is 10.4. The lowest BCUT2D eigenvalue weighted by molar-refractivity contribution is 0.0696. The van der Waals surface area contributed by atoms with E-state index in [9.17, 15) is 9.59 Å². The first-order chi connectivity index (χ1) is 14.3. The summed E-state index contributed by atoms with van der Waals surface area (Å²) in [6.07, 6.45) is 4.19. The summed E-state index contributed by atoms with van der Waals surface area (Å²) >= 11 is 0. The summed E-state index contributed by atoms with van der Waals surface area (Å²) < 4.78 is 0. The number of aromatic carboxylic acids is 2. The van der Waals surface area contributed by atoms with Gasteiger partial charge in [-0.3, -0.25) is 0 Å². The van der Waals surface area contributed by atoms with Crippen LogP contribution in [0.4, 0.5) is 11.6 Å². The number of nitrogens with two attached hydrogens (primary N) is 1. The minimum atomic E-state index is -1.13. The number of hydrogen-bond donors (Lipinski definition) is 3. The lowest BCUT2D eigenvalue weighted by Gasteiger charge is -2.38. The highest BCUT2D eigenvalue weighted by atomic mass is 16.4. The Balaban J connectivity index is 0.000000187. The van der Waals surface area contributed by atoms with Crippen LogP contribution in [0.25, 0.3) is 0 Å². The quantitative estimate of drug-likeness (QED) is 0.687. The molecule has 0 aliphatic carbocycles. The molecule has 4 N–H and O–H groups in total. The number of hydrogen-bond acceptors (Lipinski definition) is 7. The van der Waals surface area contributed by atoms with E-state index in [2.05, 4.69) is 32.8 Å². The summed E-state index contributed by atoms with van der Waals surface area (Å²) in [5.74, 6) is 0.667. The number of carbonyl (C=O) groups is 2. The van der Waals surface area contributed by atoms with Crippen LogP contribution in [0.1, 0.15) is 40.5 Å². The van der Waals surface area contributed by atoms with E-state index in [-0.39, 0.29) is 11.1 Å². The molecule has 9 nitrogen and oxygen atoms in total. The molecule has 3 heterocycles. The van der Waals surface area contributed by atoms with Gasteiger partial charge in [0.25, 0.3) is 0 Å². The summed E-state index contributed by atoms with van der Waals surface area (Å²) in [6, 6.07) is 7.60. The Hall–Kier alpha value is -3.20. The third-order valence-corrected chi connectivity index (χ3v) is 5.34. The van der Waals surface area contributed by atoms with Gasteiger partial charge in [-0.2, -0.15) is 0 Å². The molecule has 2 aliphatic heterocycles. The van der Waals surface area contributed by atoms with Crippen molar-refractivity contribution in [3.63, 3.8) is 0 Å². The highest BCUT2D eigenvalue weighted by Gasteiger charge is 2.25. The van der Waals surface area contributed by atoms with Crippen LogP contribution in [0.5, 0.6) is 0 Å². The van der Waals surface area contributed by atoms with Crippen molar-refractivity contribution < 1.29 is 19.8 Å². The summed E-state index contributed by atoms with van der Waals surface area (Å²) in [5.41, 5.74) is 5.77. The summed E-state index contributed by atoms with van der Waals surface area (Å²) in [5, 5.41) is 17.0. The maximum absolute atomic E-state index is 10.4. The molecule has 1 aromatic heterocycles. The highest BCUT2D eigenvalue weighted by Crippen LogP contribution is 2.25. The molecule has 0 spiro atoms. The minimum Gasteiger partial charge on any atom is -0.478 e. The molecule has 1 aromatic carbocycles. The largest absolute Gasteiger partial charge is 0.478 e. The van der Waals surface area contributed by atoms with Crippen LogP contribution < -0.4 is 15.5 Å². The van der Waals surface area contributed by atoms with Crippen LogP contribution in [-0.2, 0) is 0 Å². The minimum absolute atomic E-state index is 0.0186. The number of benzene rings is 1. The molecule has 0 amide bonds. The molecule has 2 aromatic rings. The molecule has 9 heteroatoms. The average molecular weight is 413 g/mol. The van der Waals surface area contributed by atoms with Gasteiger partial charge in [0.2, 0.25) is 0 Å². The zero-order chi connectivity index (χ0) is 21.7. The van der Waals surface area contributed by atoms with Gasteiger partial charge in [-0.1, -0.05) is 13.0 Å². The van der Waals surface area contributed by atoms with Crippen molar-refractivity contribution in [1.29, 1.82) is 0 Å². The topological polar surface area (TPSA) is 133 Å². The monoisotopic (exact) mass is 413 g/mol. The number of rotatable bonds is 4. The van der Waals surface area contributed by atoms with E-state index in [1.54, 1.807) is 6.33 Å². The maximum Gasteiger partial charge on any atom is 0.335 e. The molecule has 30 heavy (non-hydrogen) atoms. The normalized spacial score (nSPS) is 17.0. The van der Waals surface area contributed by atoms with Crippen molar-refractivity contribution in [1.82, 2.24) is 9.97 Å². The van der Waals surface area contributed by atoms with Gasteiger partial charge < -0.3 is 25.7 Å².